The van der Waals surface area contributed by atoms with E-state index in [-0.39, 0.29) is 12.5 Å². The van der Waals surface area contributed by atoms with Gasteiger partial charge in [0.15, 0.2) is 0 Å². The predicted molar refractivity (Wildman–Crippen MR) is 93.4 cm³/mol. The zero-order chi connectivity index (χ0) is 17.8. The fraction of sp³-hybridized carbons (Fsp3) is 0.211. The third kappa shape index (κ3) is 3.85. The van der Waals surface area contributed by atoms with Crippen molar-refractivity contribution >= 4 is 5.91 Å². The molecule has 0 atom stereocenters. The first-order valence-corrected chi connectivity index (χ1v) is 7.89. The zero-order valence-electron chi connectivity index (χ0n) is 14.4. The minimum atomic E-state index is -0.177. The lowest BCUT2D eigenvalue weighted by Crippen LogP contribution is -2.23. The smallest absolute Gasteiger partial charge is 0.251 e. The van der Waals surface area contributed by atoms with Crippen LogP contribution in [-0.4, -0.2) is 23.2 Å². The Morgan fingerprint density at radius 1 is 1.16 bits per heavy atom. The van der Waals surface area contributed by atoms with Crippen LogP contribution in [0.2, 0.25) is 0 Å². The maximum atomic E-state index is 12.2. The largest absolute Gasteiger partial charge is 0.497 e. The van der Waals surface area contributed by atoms with E-state index < -0.39 is 0 Å². The van der Waals surface area contributed by atoms with E-state index in [9.17, 15) is 4.79 Å². The molecule has 0 bridgehead atoms. The Labute approximate surface area is 145 Å². The van der Waals surface area contributed by atoms with Gasteiger partial charge in [0.05, 0.1) is 13.7 Å². The monoisotopic (exact) mass is 337 g/mol. The number of ether oxygens (including phenoxy) is 1. The molecule has 0 saturated carbocycles. The van der Waals surface area contributed by atoms with E-state index in [1.807, 2.05) is 50.2 Å². The van der Waals surface area contributed by atoms with Crippen molar-refractivity contribution < 1.29 is 14.1 Å². The Bertz CT molecular complexity index is 902. The maximum Gasteiger partial charge on any atom is 0.251 e. The lowest BCUT2D eigenvalue weighted by Gasteiger charge is -2.05. The predicted octanol–water partition coefficient (Wildman–Crippen LogP) is 3.29. The first-order chi connectivity index (χ1) is 12.1. The fourth-order valence-electron chi connectivity index (χ4n) is 2.35. The van der Waals surface area contributed by atoms with E-state index >= 15 is 0 Å². The molecule has 3 aromatic rings. The van der Waals surface area contributed by atoms with Gasteiger partial charge in [0.25, 0.3) is 5.91 Å². The van der Waals surface area contributed by atoms with Gasteiger partial charge >= 0.3 is 0 Å². The second-order valence-corrected chi connectivity index (χ2v) is 5.73. The van der Waals surface area contributed by atoms with Crippen LogP contribution in [0.4, 0.5) is 0 Å². The number of benzene rings is 2. The Morgan fingerprint density at radius 3 is 2.76 bits per heavy atom. The Hall–Kier alpha value is -3.15. The Balaban J connectivity index is 1.67. The Kier molecular flexibility index (Phi) is 4.79. The number of hydrogen-bond acceptors (Lipinski definition) is 5. The van der Waals surface area contributed by atoms with E-state index in [0.29, 0.717) is 23.0 Å². The minimum absolute atomic E-state index is 0.169. The molecule has 0 aliphatic carbocycles. The van der Waals surface area contributed by atoms with Gasteiger partial charge in [-0.2, -0.15) is 4.98 Å². The number of aryl methyl sites for hydroxylation is 2. The van der Waals surface area contributed by atoms with Gasteiger partial charge in [-0.15, -0.1) is 0 Å². The molecular formula is C19H19N3O3. The molecule has 0 spiro atoms. The van der Waals surface area contributed by atoms with Gasteiger partial charge in [-0.25, -0.2) is 0 Å². The molecule has 6 heteroatoms. The number of hydrogen-bond donors (Lipinski definition) is 1. The first kappa shape index (κ1) is 16.7. The van der Waals surface area contributed by atoms with Crippen LogP contribution in [0.3, 0.4) is 0 Å². The van der Waals surface area contributed by atoms with Crippen molar-refractivity contribution in [2.24, 2.45) is 0 Å². The van der Waals surface area contributed by atoms with Crippen LogP contribution in [0.1, 0.15) is 27.4 Å². The highest BCUT2D eigenvalue weighted by Gasteiger charge is 2.12. The molecule has 1 N–H and O–H groups in total. The van der Waals surface area contributed by atoms with E-state index in [4.69, 9.17) is 9.26 Å². The van der Waals surface area contributed by atoms with Crippen molar-refractivity contribution in [2.45, 2.75) is 20.4 Å². The number of nitrogens with zero attached hydrogens (tertiary/aromatic N) is 2. The summed E-state index contributed by atoms with van der Waals surface area (Å²) in [6.45, 7) is 4.16. The summed E-state index contributed by atoms with van der Waals surface area (Å²) in [6, 6.07) is 13.0. The van der Waals surface area contributed by atoms with E-state index in [2.05, 4.69) is 15.5 Å². The summed E-state index contributed by atoms with van der Waals surface area (Å²) in [5.41, 5.74) is 3.62. The van der Waals surface area contributed by atoms with Crippen LogP contribution >= 0.6 is 0 Å². The van der Waals surface area contributed by atoms with Gasteiger partial charge in [-0.05, 0) is 49.2 Å². The molecule has 6 nitrogen and oxygen atoms in total. The van der Waals surface area contributed by atoms with E-state index in [1.165, 1.54) is 0 Å². The highest BCUT2D eigenvalue weighted by Crippen LogP contribution is 2.21. The molecule has 0 aliphatic rings. The molecule has 0 aliphatic heterocycles. The van der Waals surface area contributed by atoms with Gasteiger partial charge in [-0.1, -0.05) is 23.4 Å². The molecule has 3 rings (SSSR count). The van der Waals surface area contributed by atoms with Gasteiger partial charge < -0.3 is 14.6 Å². The zero-order valence-corrected chi connectivity index (χ0v) is 14.4. The summed E-state index contributed by atoms with van der Waals surface area (Å²) >= 11 is 0. The molecule has 0 radical (unpaired) electrons. The SMILES string of the molecule is COc1cccc(-c2noc(CNC(=O)c3ccc(C)c(C)c3)n2)c1. The van der Waals surface area contributed by atoms with Crippen molar-refractivity contribution in [1.29, 1.82) is 0 Å². The molecule has 128 valence electrons. The first-order valence-electron chi connectivity index (χ1n) is 7.89. The summed E-state index contributed by atoms with van der Waals surface area (Å²) in [7, 11) is 1.60. The van der Waals surface area contributed by atoms with E-state index in [0.717, 1.165) is 16.7 Å². The minimum Gasteiger partial charge on any atom is -0.497 e. The molecule has 25 heavy (non-hydrogen) atoms. The molecule has 1 amide bonds. The second kappa shape index (κ2) is 7.17. The van der Waals surface area contributed by atoms with Crippen LogP contribution in [-0.2, 0) is 6.54 Å². The summed E-state index contributed by atoms with van der Waals surface area (Å²) in [5.74, 6) is 1.33. The van der Waals surface area contributed by atoms with Crippen LogP contribution < -0.4 is 10.1 Å². The van der Waals surface area contributed by atoms with Crippen molar-refractivity contribution in [2.75, 3.05) is 7.11 Å². The van der Waals surface area contributed by atoms with Crippen LogP contribution in [0.25, 0.3) is 11.4 Å². The van der Waals surface area contributed by atoms with Gasteiger partial charge in [0.1, 0.15) is 5.75 Å². The van der Waals surface area contributed by atoms with Crippen molar-refractivity contribution in [3.05, 3.63) is 65.0 Å². The number of carbonyl (C=O) groups is 1. The number of methoxy groups -OCH3 is 1. The third-order valence-corrected chi connectivity index (χ3v) is 3.97. The highest BCUT2D eigenvalue weighted by atomic mass is 16.5. The molecule has 0 saturated heterocycles. The van der Waals surface area contributed by atoms with Crippen LogP contribution in [0.5, 0.6) is 5.75 Å². The summed E-state index contributed by atoms with van der Waals surface area (Å²) in [5, 5.41) is 6.73. The highest BCUT2D eigenvalue weighted by molar-refractivity contribution is 5.94. The van der Waals surface area contributed by atoms with Crippen molar-refractivity contribution in [3.63, 3.8) is 0 Å². The lowest BCUT2D eigenvalue weighted by atomic mass is 10.1. The second-order valence-electron chi connectivity index (χ2n) is 5.73. The molecule has 1 heterocycles. The van der Waals surface area contributed by atoms with Gasteiger partial charge in [-0.3, -0.25) is 4.79 Å². The third-order valence-electron chi connectivity index (χ3n) is 3.97. The van der Waals surface area contributed by atoms with Gasteiger partial charge in [0.2, 0.25) is 11.7 Å². The molecular weight excluding hydrogens is 318 g/mol. The molecule has 1 aromatic heterocycles. The Morgan fingerprint density at radius 2 is 2.00 bits per heavy atom. The van der Waals surface area contributed by atoms with Crippen molar-refractivity contribution in [3.8, 4) is 17.1 Å². The molecule has 2 aromatic carbocycles. The number of carbonyl (C=O) groups excluding carboxylic acids is 1. The summed E-state index contributed by atoms with van der Waals surface area (Å²) < 4.78 is 10.4. The van der Waals surface area contributed by atoms with E-state index in [1.54, 1.807) is 13.2 Å². The maximum absolute atomic E-state index is 12.2. The van der Waals surface area contributed by atoms with Crippen LogP contribution in [0.15, 0.2) is 47.0 Å². The lowest BCUT2D eigenvalue weighted by molar-refractivity contribution is 0.0946. The number of nitrogens with one attached hydrogen (secondary N) is 1. The summed E-state index contributed by atoms with van der Waals surface area (Å²) in [4.78, 5) is 16.5. The summed E-state index contributed by atoms with van der Waals surface area (Å²) in [6.07, 6.45) is 0. The number of aromatic nitrogens is 2. The molecule has 0 fully saturated rings. The van der Waals surface area contributed by atoms with Crippen LogP contribution in [0, 0.1) is 13.8 Å². The number of amides is 1. The normalized spacial score (nSPS) is 10.5. The van der Waals surface area contributed by atoms with Gasteiger partial charge in [0, 0.05) is 11.1 Å². The topological polar surface area (TPSA) is 77.3 Å². The quantitative estimate of drug-likeness (QED) is 0.773. The molecule has 0 unspecified atom stereocenters. The standard InChI is InChI=1S/C19H19N3O3/c1-12-7-8-15(9-13(12)2)19(23)20-11-17-21-18(22-25-17)14-5-4-6-16(10-14)24-3/h4-10H,11H2,1-3H3,(H,20,23). The number of rotatable bonds is 5. The average Bonchev–Trinajstić information content (AvgIpc) is 3.11. The average molecular weight is 337 g/mol. The fourth-order valence-corrected chi connectivity index (χ4v) is 2.35. The van der Waals surface area contributed by atoms with Crippen molar-refractivity contribution in [1.82, 2.24) is 15.5 Å².